The summed E-state index contributed by atoms with van der Waals surface area (Å²) in [5, 5.41) is 8.72. The fourth-order valence-electron chi connectivity index (χ4n) is 7.82. The molecule has 48 heavy (non-hydrogen) atoms. The largest absolute Gasteiger partial charge is 0.355 e. The van der Waals surface area contributed by atoms with Crippen LogP contribution in [0.25, 0.3) is 66.1 Å². The summed E-state index contributed by atoms with van der Waals surface area (Å²) in [7, 11) is 0. The molecule has 0 atom stereocenters. The van der Waals surface area contributed by atoms with Gasteiger partial charge in [-0.2, -0.15) is 0 Å². The first-order valence-electron chi connectivity index (χ1n) is 16.8. The molecule has 9 rings (SSSR count). The second kappa shape index (κ2) is 11.1. The van der Waals surface area contributed by atoms with Crippen molar-refractivity contribution in [1.82, 2.24) is 0 Å². The molecule has 1 aliphatic rings. The molecule has 0 unspecified atom stereocenters. The smallest absolute Gasteiger partial charge is 0.0464 e. The normalized spacial score (nSPS) is 13.0. The Bertz CT molecular complexity index is 2470. The lowest BCUT2D eigenvalue weighted by molar-refractivity contribution is 0.661. The fraction of sp³-hybridized carbons (Fsp3) is 0.0638. The van der Waals surface area contributed by atoms with Crippen molar-refractivity contribution in [1.29, 1.82) is 0 Å². The summed E-state index contributed by atoms with van der Waals surface area (Å²) in [6, 6.07) is 61.8. The minimum absolute atomic E-state index is 0.0523. The summed E-state index contributed by atoms with van der Waals surface area (Å²) in [5.74, 6) is 0. The highest BCUT2D eigenvalue weighted by atomic mass is 14.9. The number of fused-ring (bicyclic) bond motifs is 5. The van der Waals surface area contributed by atoms with E-state index >= 15 is 0 Å². The second-order valence-corrected chi connectivity index (χ2v) is 13.4. The van der Waals surface area contributed by atoms with Gasteiger partial charge in [-0.15, -0.1) is 0 Å². The molecule has 0 saturated carbocycles. The van der Waals surface area contributed by atoms with E-state index < -0.39 is 0 Å². The Morgan fingerprint density at radius 3 is 1.79 bits per heavy atom. The molecule has 1 heteroatoms. The lowest BCUT2D eigenvalue weighted by Crippen LogP contribution is -2.14. The number of hydrogen-bond acceptors (Lipinski definition) is 1. The zero-order valence-corrected chi connectivity index (χ0v) is 27.2. The van der Waals surface area contributed by atoms with Crippen molar-refractivity contribution in [3.05, 3.63) is 181 Å². The van der Waals surface area contributed by atoms with E-state index in [1.165, 1.54) is 77.2 Å². The summed E-state index contributed by atoms with van der Waals surface area (Å²) in [4.78, 5) is 0. The zero-order valence-electron chi connectivity index (χ0n) is 27.2. The molecule has 0 radical (unpaired) electrons. The van der Waals surface area contributed by atoms with Crippen molar-refractivity contribution in [3.63, 3.8) is 0 Å². The summed E-state index contributed by atoms with van der Waals surface area (Å²) < 4.78 is 0. The van der Waals surface area contributed by atoms with Crippen LogP contribution in [0.2, 0.25) is 0 Å². The molecule has 0 amide bonds. The lowest BCUT2D eigenvalue weighted by Gasteiger charge is -2.23. The lowest BCUT2D eigenvalue weighted by atomic mass is 9.80. The Morgan fingerprint density at radius 1 is 0.396 bits per heavy atom. The van der Waals surface area contributed by atoms with Crippen LogP contribution >= 0.6 is 0 Å². The quantitative estimate of drug-likeness (QED) is 0.204. The minimum atomic E-state index is -0.0523. The van der Waals surface area contributed by atoms with Crippen molar-refractivity contribution < 1.29 is 0 Å². The number of hydrogen-bond donors (Lipinski definition) is 1. The fourth-order valence-corrected chi connectivity index (χ4v) is 7.82. The Balaban J connectivity index is 1.10. The van der Waals surface area contributed by atoms with Crippen LogP contribution in [0.3, 0.4) is 0 Å². The number of rotatable bonds is 5. The predicted molar refractivity (Wildman–Crippen MR) is 205 cm³/mol. The number of anilines is 2. The molecular weight excluding hydrogens is 579 g/mol. The van der Waals surface area contributed by atoms with Gasteiger partial charge in [0.1, 0.15) is 0 Å². The van der Waals surface area contributed by atoms with E-state index in [-0.39, 0.29) is 5.41 Å². The molecule has 0 saturated heterocycles. The molecule has 1 aliphatic carbocycles. The first-order chi connectivity index (χ1) is 23.6. The van der Waals surface area contributed by atoms with Gasteiger partial charge in [0, 0.05) is 22.2 Å². The monoisotopic (exact) mass is 613 g/mol. The highest BCUT2D eigenvalue weighted by Crippen LogP contribution is 2.54. The SMILES string of the molecule is CC1(C)c2ccccc2-c2c1cc1ccccc1c2-c1ccc(-c2ccc(Nc3ccc(-c4ccccc4)cc3)c3ccccc23)cc1. The molecule has 8 aromatic carbocycles. The van der Waals surface area contributed by atoms with Crippen LogP contribution in [-0.4, -0.2) is 0 Å². The van der Waals surface area contributed by atoms with Crippen LogP contribution in [0.15, 0.2) is 170 Å². The second-order valence-electron chi connectivity index (χ2n) is 13.4. The maximum absolute atomic E-state index is 3.69. The predicted octanol–water partition coefficient (Wildman–Crippen LogP) is 13.0. The van der Waals surface area contributed by atoms with E-state index in [0.29, 0.717) is 0 Å². The van der Waals surface area contributed by atoms with Crippen molar-refractivity contribution >= 4 is 32.9 Å². The van der Waals surface area contributed by atoms with Gasteiger partial charge in [0.05, 0.1) is 0 Å². The number of nitrogens with one attached hydrogen (secondary N) is 1. The van der Waals surface area contributed by atoms with Crippen LogP contribution < -0.4 is 5.32 Å². The number of benzene rings is 8. The Kier molecular flexibility index (Phi) is 6.55. The Hall–Kier alpha value is -5.92. The molecule has 0 bridgehead atoms. The molecule has 0 fully saturated rings. The standard InChI is InChI=1S/C47H35N/c1-47(2)42-19-11-10-18-41(42)46-43(47)30-35-14-6-7-15-38(35)45(46)34-22-20-33(21-23-34)37-28-29-44(40-17-9-8-16-39(37)40)48-36-26-24-32(25-27-36)31-12-4-3-5-13-31/h3-30,48H,1-2H3. The summed E-state index contributed by atoms with van der Waals surface area (Å²) in [6.07, 6.45) is 0. The van der Waals surface area contributed by atoms with Gasteiger partial charge in [0.25, 0.3) is 0 Å². The summed E-state index contributed by atoms with van der Waals surface area (Å²) in [5.41, 5.74) is 15.1. The van der Waals surface area contributed by atoms with Crippen LogP contribution in [0.4, 0.5) is 11.4 Å². The highest BCUT2D eigenvalue weighted by Gasteiger charge is 2.37. The van der Waals surface area contributed by atoms with Gasteiger partial charge in [0.15, 0.2) is 0 Å². The topological polar surface area (TPSA) is 12.0 Å². The Labute approximate surface area is 282 Å². The first kappa shape index (κ1) is 28.3. The molecule has 8 aromatic rings. The van der Waals surface area contributed by atoms with E-state index in [1.807, 2.05) is 0 Å². The van der Waals surface area contributed by atoms with Gasteiger partial charge < -0.3 is 5.32 Å². The molecule has 228 valence electrons. The van der Waals surface area contributed by atoms with Crippen LogP contribution in [0.5, 0.6) is 0 Å². The maximum atomic E-state index is 3.69. The maximum Gasteiger partial charge on any atom is 0.0464 e. The third-order valence-electron chi connectivity index (χ3n) is 10.3. The van der Waals surface area contributed by atoms with Gasteiger partial charge in [0.2, 0.25) is 0 Å². The zero-order chi connectivity index (χ0) is 32.2. The molecular formula is C47H35N. The van der Waals surface area contributed by atoms with Gasteiger partial charge in [-0.05, 0) is 96.1 Å². The van der Waals surface area contributed by atoms with Crippen molar-refractivity contribution in [2.75, 3.05) is 5.32 Å². The first-order valence-corrected chi connectivity index (χ1v) is 16.8. The molecule has 0 heterocycles. The average molecular weight is 614 g/mol. The van der Waals surface area contributed by atoms with Gasteiger partial charge in [-0.1, -0.05) is 159 Å². The summed E-state index contributed by atoms with van der Waals surface area (Å²) >= 11 is 0. The highest BCUT2D eigenvalue weighted by molar-refractivity contribution is 6.09. The molecule has 0 aromatic heterocycles. The van der Waals surface area contributed by atoms with E-state index in [9.17, 15) is 0 Å². The van der Waals surface area contributed by atoms with E-state index in [4.69, 9.17) is 0 Å². The van der Waals surface area contributed by atoms with Crippen LogP contribution in [0.1, 0.15) is 25.0 Å². The molecule has 0 aliphatic heterocycles. The van der Waals surface area contributed by atoms with Gasteiger partial charge >= 0.3 is 0 Å². The van der Waals surface area contributed by atoms with Crippen molar-refractivity contribution in [2.45, 2.75) is 19.3 Å². The van der Waals surface area contributed by atoms with E-state index in [0.717, 1.165) is 11.4 Å². The van der Waals surface area contributed by atoms with Gasteiger partial charge in [-0.3, -0.25) is 0 Å². The Morgan fingerprint density at radius 2 is 1.00 bits per heavy atom. The summed E-state index contributed by atoms with van der Waals surface area (Å²) in [6.45, 7) is 4.73. The van der Waals surface area contributed by atoms with E-state index in [1.54, 1.807) is 0 Å². The third kappa shape index (κ3) is 4.54. The van der Waals surface area contributed by atoms with Crippen LogP contribution in [-0.2, 0) is 5.41 Å². The van der Waals surface area contributed by atoms with Gasteiger partial charge in [-0.25, -0.2) is 0 Å². The van der Waals surface area contributed by atoms with Crippen molar-refractivity contribution in [3.8, 4) is 44.5 Å². The van der Waals surface area contributed by atoms with E-state index in [2.05, 4.69) is 189 Å². The molecule has 0 spiro atoms. The van der Waals surface area contributed by atoms with Crippen LogP contribution in [0, 0.1) is 0 Å². The average Bonchev–Trinajstić information content (AvgIpc) is 3.37. The minimum Gasteiger partial charge on any atom is -0.355 e. The third-order valence-corrected chi connectivity index (χ3v) is 10.3. The molecule has 1 nitrogen and oxygen atoms in total. The molecule has 1 N–H and O–H groups in total. The van der Waals surface area contributed by atoms with Crippen molar-refractivity contribution in [2.24, 2.45) is 0 Å².